The van der Waals surface area contributed by atoms with Crippen molar-refractivity contribution in [2.75, 3.05) is 5.32 Å². The number of aromatic nitrogens is 2. The van der Waals surface area contributed by atoms with Gasteiger partial charge in [0.1, 0.15) is 5.75 Å². The Kier molecular flexibility index (Phi) is 4.56. The molecule has 0 amide bonds. The molecular weight excluding hydrogens is 302 g/mol. The van der Waals surface area contributed by atoms with Gasteiger partial charge in [0.05, 0.1) is 6.54 Å². The van der Waals surface area contributed by atoms with E-state index in [1.54, 1.807) is 0 Å². The Morgan fingerprint density at radius 1 is 0.955 bits per heavy atom. The van der Waals surface area contributed by atoms with Crippen LogP contribution in [0.25, 0.3) is 0 Å². The summed E-state index contributed by atoms with van der Waals surface area (Å²) in [6.45, 7) is 0.692. The van der Waals surface area contributed by atoms with Crippen molar-refractivity contribution < 1.29 is 9.15 Å². The average Bonchev–Trinajstić information content (AvgIpc) is 3.01. The molecule has 0 saturated carbocycles. The summed E-state index contributed by atoms with van der Waals surface area (Å²) in [5, 5.41) is 11.8. The van der Waals surface area contributed by atoms with Gasteiger partial charge in [-0.1, -0.05) is 29.8 Å². The predicted molar refractivity (Wildman–Crippen MR) is 83.9 cm³/mol. The summed E-state index contributed by atoms with van der Waals surface area (Å²) in [5.74, 6) is 1.71. The van der Waals surface area contributed by atoms with E-state index in [1.165, 1.54) is 0 Å². The lowest BCUT2D eigenvalue weighted by atomic mass is 10.3. The number of anilines is 1. The molecule has 0 saturated heterocycles. The number of nitrogens with zero attached hydrogens (tertiary/aromatic N) is 2. The highest BCUT2D eigenvalue weighted by Gasteiger charge is 2.06. The van der Waals surface area contributed by atoms with Crippen LogP contribution in [0.4, 0.5) is 5.69 Å². The van der Waals surface area contributed by atoms with Crippen LogP contribution in [0.2, 0.25) is 5.02 Å². The third-order valence-electron chi connectivity index (χ3n) is 2.90. The minimum absolute atomic E-state index is 0.248. The maximum atomic E-state index is 5.83. The van der Waals surface area contributed by atoms with Gasteiger partial charge in [0, 0.05) is 10.7 Å². The van der Waals surface area contributed by atoms with Crippen LogP contribution < -0.4 is 10.1 Å². The predicted octanol–water partition coefficient (Wildman–Crippen LogP) is 3.91. The summed E-state index contributed by atoms with van der Waals surface area (Å²) in [7, 11) is 0. The molecule has 5 nitrogen and oxygen atoms in total. The van der Waals surface area contributed by atoms with Crippen LogP contribution in [0, 0.1) is 0 Å². The first-order valence-corrected chi connectivity index (χ1v) is 7.16. The molecule has 112 valence electrons. The zero-order valence-electron chi connectivity index (χ0n) is 11.7. The summed E-state index contributed by atoms with van der Waals surface area (Å²) in [6.07, 6.45) is 0. The summed E-state index contributed by atoms with van der Waals surface area (Å²) in [4.78, 5) is 0. The van der Waals surface area contributed by atoms with E-state index in [-0.39, 0.29) is 6.61 Å². The lowest BCUT2D eigenvalue weighted by Gasteiger charge is -2.03. The molecule has 6 heteroatoms. The van der Waals surface area contributed by atoms with Gasteiger partial charge < -0.3 is 14.5 Å². The maximum absolute atomic E-state index is 5.83. The number of ether oxygens (including phenoxy) is 1. The van der Waals surface area contributed by atoms with Crippen molar-refractivity contribution >= 4 is 17.3 Å². The minimum Gasteiger partial charge on any atom is -0.484 e. The maximum Gasteiger partial charge on any atom is 0.253 e. The van der Waals surface area contributed by atoms with Gasteiger partial charge in [-0.05, 0) is 36.4 Å². The minimum atomic E-state index is 0.248. The van der Waals surface area contributed by atoms with Crippen LogP contribution in [0.5, 0.6) is 5.75 Å². The van der Waals surface area contributed by atoms with Gasteiger partial charge >= 0.3 is 0 Å². The van der Waals surface area contributed by atoms with Crippen molar-refractivity contribution in [1.82, 2.24) is 10.2 Å². The van der Waals surface area contributed by atoms with Gasteiger partial charge in [-0.15, -0.1) is 10.2 Å². The highest BCUT2D eigenvalue weighted by Crippen LogP contribution is 2.15. The molecule has 0 fully saturated rings. The second-order valence-corrected chi connectivity index (χ2v) is 4.99. The number of para-hydroxylation sites is 1. The zero-order chi connectivity index (χ0) is 15.2. The first kappa shape index (κ1) is 14.4. The fourth-order valence-corrected chi connectivity index (χ4v) is 1.95. The summed E-state index contributed by atoms with van der Waals surface area (Å²) in [6, 6.07) is 16.9. The van der Waals surface area contributed by atoms with E-state index in [1.807, 2.05) is 54.6 Å². The number of benzene rings is 2. The lowest BCUT2D eigenvalue weighted by molar-refractivity contribution is 0.259. The molecule has 0 unspecified atom stereocenters. The summed E-state index contributed by atoms with van der Waals surface area (Å²) >= 11 is 5.83. The van der Waals surface area contributed by atoms with E-state index in [9.17, 15) is 0 Å². The van der Waals surface area contributed by atoms with E-state index < -0.39 is 0 Å². The third-order valence-corrected chi connectivity index (χ3v) is 3.15. The molecule has 3 aromatic rings. The van der Waals surface area contributed by atoms with Crippen LogP contribution in [0.3, 0.4) is 0 Å². The Hall–Kier alpha value is -2.53. The van der Waals surface area contributed by atoms with Gasteiger partial charge in [0.2, 0.25) is 5.89 Å². The Morgan fingerprint density at radius 2 is 1.68 bits per heavy atom. The third kappa shape index (κ3) is 3.99. The molecular formula is C16H14ClN3O2. The van der Waals surface area contributed by atoms with E-state index in [4.69, 9.17) is 20.8 Å². The Balaban J connectivity index is 1.51. The highest BCUT2D eigenvalue weighted by atomic mass is 35.5. The van der Waals surface area contributed by atoms with E-state index in [2.05, 4.69) is 15.5 Å². The molecule has 2 aromatic carbocycles. The van der Waals surface area contributed by atoms with Crippen molar-refractivity contribution in [3.63, 3.8) is 0 Å². The first-order valence-electron chi connectivity index (χ1n) is 6.78. The van der Waals surface area contributed by atoms with Gasteiger partial charge in [0.25, 0.3) is 5.89 Å². The SMILES string of the molecule is Clc1ccc(NCc2nnc(COc3ccccc3)o2)cc1. The smallest absolute Gasteiger partial charge is 0.253 e. The molecule has 0 spiro atoms. The van der Waals surface area contributed by atoms with Crippen LogP contribution in [0.1, 0.15) is 11.8 Å². The van der Waals surface area contributed by atoms with Crippen LogP contribution in [-0.2, 0) is 13.2 Å². The zero-order valence-corrected chi connectivity index (χ0v) is 12.5. The molecule has 0 aliphatic rings. The second-order valence-electron chi connectivity index (χ2n) is 4.55. The van der Waals surface area contributed by atoms with Crippen LogP contribution >= 0.6 is 11.6 Å². The topological polar surface area (TPSA) is 60.2 Å². The molecule has 1 N–H and O–H groups in total. The van der Waals surface area contributed by atoms with Crippen molar-refractivity contribution in [1.29, 1.82) is 0 Å². The van der Waals surface area contributed by atoms with Crippen molar-refractivity contribution in [2.24, 2.45) is 0 Å². The van der Waals surface area contributed by atoms with Crippen LogP contribution in [-0.4, -0.2) is 10.2 Å². The van der Waals surface area contributed by atoms with Crippen molar-refractivity contribution in [3.05, 3.63) is 71.4 Å². The van der Waals surface area contributed by atoms with E-state index in [0.717, 1.165) is 11.4 Å². The van der Waals surface area contributed by atoms with Gasteiger partial charge in [-0.3, -0.25) is 0 Å². The number of halogens is 1. The highest BCUT2D eigenvalue weighted by molar-refractivity contribution is 6.30. The van der Waals surface area contributed by atoms with Crippen LogP contribution in [0.15, 0.2) is 59.0 Å². The molecule has 3 rings (SSSR count). The molecule has 0 aliphatic heterocycles. The normalized spacial score (nSPS) is 10.4. The largest absolute Gasteiger partial charge is 0.484 e. The molecule has 0 bridgehead atoms. The Bertz CT molecular complexity index is 714. The number of hydrogen-bond donors (Lipinski definition) is 1. The fourth-order valence-electron chi connectivity index (χ4n) is 1.83. The second kappa shape index (κ2) is 6.95. The number of hydrogen-bond acceptors (Lipinski definition) is 5. The molecule has 1 aromatic heterocycles. The van der Waals surface area contributed by atoms with Gasteiger partial charge in [0.15, 0.2) is 6.61 Å². The standard InChI is InChI=1S/C16H14ClN3O2/c17-12-6-8-13(9-7-12)18-10-15-19-20-16(22-15)11-21-14-4-2-1-3-5-14/h1-9,18H,10-11H2. The van der Waals surface area contributed by atoms with E-state index >= 15 is 0 Å². The molecule has 1 heterocycles. The van der Waals surface area contributed by atoms with Crippen molar-refractivity contribution in [2.45, 2.75) is 13.2 Å². The number of rotatable bonds is 6. The monoisotopic (exact) mass is 315 g/mol. The number of nitrogens with one attached hydrogen (secondary N) is 1. The molecule has 0 aliphatic carbocycles. The Labute approximate surface area is 132 Å². The van der Waals surface area contributed by atoms with Crippen molar-refractivity contribution in [3.8, 4) is 5.75 Å². The average molecular weight is 316 g/mol. The Morgan fingerprint density at radius 3 is 2.45 bits per heavy atom. The summed E-state index contributed by atoms with van der Waals surface area (Å²) < 4.78 is 11.1. The van der Waals surface area contributed by atoms with E-state index in [0.29, 0.717) is 23.3 Å². The molecule has 0 radical (unpaired) electrons. The quantitative estimate of drug-likeness (QED) is 0.747. The summed E-state index contributed by atoms with van der Waals surface area (Å²) in [5.41, 5.74) is 0.935. The molecule has 22 heavy (non-hydrogen) atoms. The lowest BCUT2D eigenvalue weighted by Crippen LogP contribution is -1.99. The molecule has 0 atom stereocenters. The fraction of sp³-hybridized carbons (Fsp3) is 0.125. The van der Waals surface area contributed by atoms with Gasteiger partial charge in [-0.25, -0.2) is 0 Å². The first-order chi connectivity index (χ1) is 10.8. The van der Waals surface area contributed by atoms with Gasteiger partial charge in [-0.2, -0.15) is 0 Å².